The highest BCUT2D eigenvalue weighted by atomic mass is 79.9. The Labute approximate surface area is 120 Å². The number of nitrogens with zero attached hydrogens (tertiary/aromatic N) is 1. The zero-order valence-electron chi connectivity index (χ0n) is 10.3. The third-order valence-corrected chi connectivity index (χ3v) is 2.77. The van der Waals surface area contributed by atoms with Gasteiger partial charge in [-0.1, -0.05) is 15.9 Å². The number of hydrogen-bond donors (Lipinski definition) is 1. The van der Waals surface area contributed by atoms with E-state index in [1.54, 1.807) is 6.92 Å². The lowest BCUT2D eigenvalue weighted by molar-refractivity contribution is -0.276. The number of hydrogen-bond acceptors (Lipinski definition) is 5. The normalized spacial score (nSPS) is 11.2. The van der Waals surface area contributed by atoms with Crippen LogP contribution in [0, 0.1) is 0 Å². The highest BCUT2D eigenvalue weighted by molar-refractivity contribution is 9.08. The van der Waals surface area contributed by atoms with Gasteiger partial charge < -0.3 is 14.6 Å². The van der Waals surface area contributed by atoms with Gasteiger partial charge in [-0.05, 0) is 6.92 Å². The number of rotatable bonds is 5. The van der Waals surface area contributed by atoms with Crippen LogP contribution in [-0.4, -0.2) is 29.0 Å². The van der Waals surface area contributed by atoms with Crippen LogP contribution in [0.2, 0.25) is 0 Å². The number of pyridine rings is 1. The molecule has 5 nitrogen and oxygen atoms in total. The van der Waals surface area contributed by atoms with Crippen LogP contribution in [0.15, 0.2) is 6.20 Å². The largest absolute Gasteiger partial charge is 0.574 e. The summed E-state index contributed by atoms with van der Waals surface area (Å²) < 4.78 is 45.2. The third-order valence-electron chi connectivity index (χ3n) is 2.21. The van der Waals surface area contributed by atoms with Crippen molar-refractivity contribution >= 4 is 21.9 Å². The molecule has 1 aromatic heterocycles. The van der Waals surface area contributed by atoms with Crippen LogP contribution in [0.5, 0.6) is 11.6 Å². The average Bonchev–Trinajstić information content (AvgIpc) is 2.32. The average molecular weight is 358 g/mol. The molecule has 0 unspecified atom stereocenters. The SMILES string of the molecule is CCOC(=O)Cc1c(O)cnc(OC(F)(F)F)c1CBr. The fourth-order valence-electron chi connectivity index (χ4n) is 1.45. The molecule has 0 saturated heterocycles. The van der Waals surface area contributed by atoms with E-state index in [2.05, 4.69) is 25.7 Å². The summed E-state index contributed by atoms with van der Waals surface area (Å²) in [6.45, 7) is 1.72. The van der Waals surface area contributed by atoms with Gasteiger partial charge in [-0.2, -0.15) is 0 Å². The maximum atomic E-state index is 12.2. The minimum Gasteiger partial charge on any atom is -0.506 e. The number of aromatic nitrogens is 1. The van der Waals surface area contributed by atoms with Gasteiger partial charge in [0.15, 0.2) is 0 Å². The fourth-order valence-corrected chi connectivity index (χ4v) is 2.03. The van der Waals surface area contributed by atoms with Gasteiger partial charge in [0.1, 0.15) is 5.75 Å². The van der Waals surface area contributed by atoms with Crippen molar-refractivity contribution in [2.75, 3.05) is 6.61 Å². The second-order valence-corrected chi connectivity index (χ2v) is 4.13. The summed E-state index contributed by atoms with van der Waals surface area (Å²) in [5.41, 5.74) is -0.0787. The molecule has 0 spiro atoms. The van der Waals surface area contributed by atoms with E-state index in [0.29, 0.717) is 0 Å². The minimum absolute atomic E-state index is 0.0189. The third kappa shape index (κ3) is 4.55. The predicted molar refractivity (Wildman–Crippen MR) is 65.6 cm³/mol. The van der Waals surface area contributed by atoms with Crippen LogP contribution < -0.4 is 4.74 Å². The van der Waals surface area contributed by atoms with Crippen LogP contribution in [0.25, 0.3) is 0 Å². The highest BCUT2D eigenvalue weighted by Gasteiger charge is 2.33. The van der Waals surface area contributed by atoms with Crippen molar-refractivity contribution in [2.24, 2.45) is 0 Å². The number of aromatic hydroxyl groups is 1. The van der Waals surface area contributed by atoms with E-state index in [-0.39, 0.29) is 29.5 Å². The molecule has 1 rings (SSSR count). The molecule has 112 valence electrons. The van der Waals surface area contributed by atoms with Gasteiger partial charge in [-0.15, -0.1) is 13.2 Å². The summed E-state index contributed by atoms with van der Waals surface area (Å²) >= 11 is 2.98. The van der Waals surface area contributed by atoms with E-state index in [9.17, 15) is 23.1 Å². The number of carbonyl (C=O) groups is 1. The Morgan fingerprint density at radius 1 is 1.45 bits per heavy atom. The Bertz CT molecular complexity index is 493. The number of ether oxygens (including phenoxy) is 2. The molecule has 0 aromatic carbocycles. The lowest BCUT2D eigenvalue weighted by Crippen LogP contribution is -2.20. The van der Waals surface area contributed by atoms with Crippen LogP contribution in [-0.2, 0) is 21.3 Å². The van der Waals surface area contributed by atoms with E-state index >= 15 is 0 Å². The molecule has 1 aromatic rings. The molecule has 0 aliphatic carbocycles. The van der Waals surface area contributed by atoms with Crippen molar-refractivity contribution in [3.05, 3.63) is 17.3 Å². The standard InChI is InChI=1S/C11H11BrF3NO4/c1-2-19-9(18)3-6-7(4-12)10(16-5-8(6)17)20-11(13,14)15/h5,17H,2-4H2,1H3. The van der Waals surface area contributed by atoms with Gasteiger partial charge in [-0.3, -0.25) is 4.79 Å². The second kappa shape index (κ2) is 6.78. The van der Waals surface area contributed by atoms with Crippen LogP contribution in [0.3, 0.4) is 0 Å². The Kier molecular flexibility index (Phi) is 5.61. The second-order valence-electron chi connectivity index (χ2n) is 3.57. The molecule has 1 heterocycles. The first-order valence-electron chi connectivity index (χ1n) is 5.45. The summed E-state index contributed by atoms with van der Waals surface area (Å²) in [7, 11) is 0. The topological polar surface area (TPSA) is 68.7 Å². The van der Waals surface area contributed by atoms with E-state index in [0.717, 1.165) is 6.20 Å². The van der Waals surface area contributed by atoms with Gasteiger partial charge in [0.25, 0.3) is 0 Å². The lowest BCUT2D eigenvalue weighted by Gasteiger charge is -2.15. The monoisotopic (exact) mass is 357 g/mol. The molecule has 0 aliphatic rings. The van der Waals surface area contributed by atoms with Crippen molar-refractivity contribution in [1.29, 1.82) is 0 Å². The molecule has 0 radical (unpaired) electrons. The number of esters is 1. The Morgan fingerprint density at radius 2 is 2.10 bits per heavy atom. The van der Waals surface area contributed by atoms with Crippen molar-refractivity contribution in [2.45, 2.75) is 25.0 Å². The number of alkyl halides is 4. The summed E-state index contributed by atoms with van der Waals surface area (Å²) in [6.07, 6.45) is -4.50. The van der Waals surface area contributed by atoms with Gasteiger partial charge in [0.2, 0.25) is 5.88 Å². The molecule has 0 saturated carbocycles. The summed E-state index contributed by atoms with van der Waals surface area (Å²) in [6, 6.07) is 0. The number of halogens is 4. The highest BCUT2D eigenvalue weighted by Crippen LogP contribution is 2.33. The van der Waals surface area contributed by atoms with Crippen molar-refractivity contribution in [1.82, 2.24) is 4.98 Å². The molecular weight excluding hydrogens is 347 g/mol. The summed E-state index contributed by atoms with van der Waals surface area (Å²) in [5.74, 6) is -1.79. The quantitative estimate of drug-likeness (QED) is 0.648. The molecule has 0 atom stereocenters. The molecular formula is C11H11BrF3NO4. The smallest absolute Gasteiger partial charge is 0.506 e. The summed E-state index contributed by atoms with van der Waals surface area (Å²) in [5, 5.41) is 9.56. The molecule has 20 heavy (non-hydrogen) atoms. The van der Waals surface area contributed by atoms with Crippen LogP contribution in [0.1, 0.15) is 18.1 Å². The lowest BCUT2D eigenvalue weighted by atomic mass is 10.1. The molecule has 0 bridgehead atoms. The zero-order chi connectivity index (χ0) is 15.3. The first-order valence-corrected chi connectivity index (χ1v) is 6.57. The minimum atomic E-state index is -4.91. The van der Waals surface area contributed by atoms with Crippen molar-refractivity contribution in [3.8, 4) is 11.6 Å². The molecule has 9 heteroatoms. The van der Waals surface area contributed by atoms with Gasteiger partial charge in [0, 0.05) is 16.5 Å². The van der Waals surface area contributed by atoms with Gasteiger partial charge in [0.05, 0.1) is 19.2 Å². The number of carbonyl (C=O) groups excluding carboxylic acids is 1. The molecule has 0 amide bonds. The Balaban J connectivity index is 3.14. The molecule has 0 fully saturated rings. The Hall–Kier alpha value is -1.51. The Morgan fingerprint density at radius 3 is 2.60 bits per heavy atom. The first kappa shape index (κ1) is 16.5. The first-order chi connectivity index (χ1) is 9.28. The molecule has 1 N–H and O–H groups in total. The van der Waals surface area contributed by atoms with E-state index in [1.165, 1.54) is 0 Å². The van der Waals surface area contributed by atoms with Crippen molar-refractivity contribution in [3.63, 3.8) is 0 Å². The van der Waals surface area contributed by atoms with Crippen LogP contribution >= 0.6 is 15.9 Å². The van der Waals surface area contributed by atoms with Crippen LogP contribution in [0.4, 0.5) is 13.2 Å². The zero-order valence-corrected chi connectivity index (χ0v) is 11.9. The maximum Gasteiger partial charge on any atom is 0.574 e. The van der Waals surface area contributed by atoms with E-state index in [1.807, 2.05) is 0 Å². The summed E-state index contributed by atoms with van der Waals surface area (Å²) in [4.78, 5) is 14.8. The maximum absolute atomic E-state index is 12.2. The van der Waals surface area contributed by atoms with Crippen molar-refractivity contribution < 1.29 is 32.5 Å². The van der Waals surface area contributed by atoms with E-state index in [4.69, 9.17) is 4.74 Å². The predicted octanol–water partition coefficient (Wildman–Crippen LogP) is 2.69. The fraction of sp³-hybridized carbons (Fsp3) is 0.455. The van der Waals surface area contributed by atoms with Gasteiger partial charge >= 0.3 is 12.3 Å². The van der Waals surface area contributed by atoms with Gasteiger partial charge in [-0.25, -0.2) is 4.98 Å². The van der Waals surface area contributed by atoms with E-state index < -0.39 is 24.0 Å². The molecule has 0 aliphatic heterocycles.